The number of pyridine rings is 1. The number of H-pyrrole nitrogens is 1. The van der Waals surface area contributed by atoms with Crippen LogP contribution in [0, 0.1) is 17.8 Å². The van der Waals surface area contributed by atoms with E-state index in [-0.39, 0.29) is 0 Å². The highest BCUT2D eigenvalue weighted by Gasteiger charge is 2.14. The Kier molecular flexibility index (Phi) is 3.41. The maximum Gasteiger partial charge on any atom is 0.131 e. The van der Waals surface area contributed by atoms with Crippen molar-refractivity contribution in [1.29, 1.82) is 0 Å². The molecule has 2 aromatic heterocycles. The summed E-state index contributed by atoms with van der Waals surface area (Å²) in [7, 11) is 2.15. The highest BCUT2D eigenvalue weighted by atomic mass is 35.5. The first-order valence-corrected chi connectivity index (χ1v) is 6.80. The van der Waals surface area contributed by atoms with Crippen LogP contribution in [-0.2, 0) is 0 Å². The van der Waals surface area contributed by atoms with Gasteiger partial charge in [-0.1, -0.05) is 17.5 Å². The van der Waals surface area contributed by atoms with Crippen LogP contribution in [0.3, 0.4) is 0 Å². The standard InChI is InChI=1S/C14H15ClN4/c1-19-6-4-10(5-7-19)2-3-12-11-9-16-14(15)8-13(11)18-17-12/h8-10H,4-7H2,1H3,(H,17,18). The molecule has 0 radical (unpaired) electrons. The van der Waals surface area contributed by atoms with Gasteiger partial charge in [0.05, 0.1) is 10.9 Å². The predicted molar refractivity (Wildman–Crippen MR) is 76.0 cm³/mol. The number of hydrogen-bond donors (Lipinski definition) is 1. The predicted octanol–water partition coefficient (Wildman–Crippen LogP) is 2.30. The molecule has 1 saturated heterocycles. The highest BCUT2D eigenvalue weighted by molar-refractivity contribution is 6.30. The summed E-state index contributed by atoms with van der Waals surface area (Å²) in [5, 5.41) is 8.54. The van der Waals surface area contributed by atoms with Gasteiger partial charge in [0.15, 0.2) is 0 Å². The van der Waals surface area contributed by atoms with E-state index >= 15 is 0 Å². The molecule has 0 unspecified atom stereocenters. The molecule has 0 atom stereocenters. The number of aromatic nitrogens is 3. The van der Waals surface area contributed by atoms with Gasteiger partial charge in [-0.15, -0.1) is 0 Å². The molecule has 5 heteroatoms. The quantitative estimate of drug-likeness (QED) is 0.592. The van der Waals surface area contributed by atoms with Crippen LogP contribution in [-0.4, -0.2) is 40.2 Å². The molecule has 0 aromatic carbocycles. The molecule has 0 aliphatic carbocycles. The van der Waals surface area contributed by atoms with E-state index in [0.29, 0.717) is 11.1 Å². The van der Waals surface area contributed by atoms with Crippen LogP contribution >= 0.6 is 11.6 Å². The van der Waals surface area contributed by atoms with Gasteiger partial charge in [-0.25, -0.2) is 4.98 Å². The van der Waals surface area contributed by atoms with Crippen molar-refractivity contribution in [2.45, 2.75) is 12.8 Å². The van der Waals surface area contributed by atoms with Crippen molar-refractivity contribution in [1.82, 2.24) is 20.1 Å². The van der Waals surface area contributed by atoms with Crippen LogP contribution in [0.5, 0.6) is 0 Å². The molecule has 0 bridgehead atoms. The molecule has 0 amide bonds. The number of piperidine rings is 1. The zero-order valence-electron chi connectivity index (χ0n) is 10.8. The summed E-state index contributed by atoms with van der Waals surface area (Å²) in [5.41, 5.74) is 1.64. The number of likely N-dealkylation sites (tertiary alicyclic amines) is 1. The minimum absolute atomic E-state index is 0.453. The van der Waals surface area contributed by atoms with Crippen molar-refractivity contribution in [2.24, 2.45) is 5.92 Å². The van der Waals surface area contributed by atoms with Crippen molar-refractivity contribution in [2.75, 3.05) is 20.1 Å². The molecule has 0 saturated carbocycles. The Morgan fingerprint density at radius 1 is 1.42 bits per heavy atom. The number of hydrogen-bond acceptors (Lipinski definition) is 3. The lowest BCUT2D eigenvalue weighted by Crippen LogP contribution is -2.29. The number of nitrogens with one attached hydrogen (secondary N) is 1. The van der Waals surface area contributed by atoms with E-state index in [4.69, 9.17) is 11.6 Å². The third-order valence-corrected chi connectivity index (χ3v) is 3.73. The Hall–Kier alpha value is -1.57. The van der Waals surface area contributed by atoms with Gasteiger partial charge in [-0.05, 0) is 38.9 Å². The molecule has 2 aromatic rings. The highest BCUT2D eigenvalue weighted by Crippen LogP contribution is 2.18. The number of fused-ring (bicyclic) bond motifs is 1. The van der Waals surface area contributed by atoms with Crippen molar-refractivity contribution in [3.63, 3.8) is 0 Å². The van der Waals surface area contributed by atoms with Gasteiger partial charge < -0.3 is 4.90 Å². The zero-order valence-corrected chi connectivity index (χ0v) is 11.5. The van der Waals surface area contributed by atoms with E-state index in [9.17, 15) is 0 Å². The van der Waals surface area contributed by atoms with Gasteiger partial charge in [0.1, 0.15) is 10.8 Å². The van der Waals surface area contributed by atoms with Crippen LogP contribution in [0.4, 0.5) is 0 Å². The van der Waals surface area contributed by atoms with E-state index in [1.54, 1.807) is 12.3 Å². The van der Waals surface area contributed by atoms with E-state index in [0.717, 1.165) is 42.5 Å². The average molecular weight is 275 g/mol. The second kappa shape index (κ2) is 5.20. The molecule has 1 N–H and O–H groups in total. The summed E-state index contributed by atoms with van der Waals surface area (Å²) >= 11 is 5.83. The zero-order chi connectivity index (χ0) is 13.2. The van der Waals surface area contributed by atoms with Gasteiger partial charge in [-0.3, -0.25) is 5.10 Å². The Balaban J connectivity index is 1.82. The maximum atomic E-state index is 5.83. The second-order valence-electron chi connectivity index (χ2n) is 4.97. The summed E-state index contributed by atoms with van der Waals surface area (Å²) in [6.45, 7) is 2.25. The summed E-state index contributed by atoms with van der Waals surface area (Å²) in [5.74, 6) is 7.03. The molecule has 19 heavy (non-hydrogen) atoms. The van der Waals surface area contributed by atoms with E-state index in [2.05, 4.69) is 39.0 Å². The summed E-state index contributed by atoms with van der Waals surface area (Å²) in [6.07, 6.45) is 4.00. The van der Waals surface area contributed by atoms with Crippen molar-refractivity contribution < 1.29 is 0 Å². The maximum absolute atomic E-state index is 5.83. The summed E-state index contributed by atoms with van der Waals surface area (Å²) in [6, 6.07) is 1.74. The smallest absolute Gasteiger partial charge is 0.131 e. The Bertz CT molecular complexity index is 644. The largest absolute Gasteiger partial charge is 0.306 e. The van der Waals surface area contributed by atoms with Crippen LogP contribution in [0.2, 0.25) is 5.15 Å². The average Bonchev–Trinajstić information content (AvgIpc) is 2.80. The summed E-state index contributed by atoms with van der Waals surface area (Å²) < 4.78 is 0. The van der Waals surface area contributed by atoms with E-state index < -0.39 is 0 Å². The minimum atomic E-state index is 0.453. The lowest BCUT2D eigenvalue weighted by atomic mass is 9.98. The molecule has 3 rings (SSSR count). The number of nitrogens with zero attached hydrogens (tertiary/aromatic N) is 3. The van der Waals surface area contributed by atoms with Gasteiger partial charge in [0.2, 0.25) is 0 Å². The fraction of sp³-hybridized carbons (Fsp3) is 0.429. The molecule has 4 nitrogen and oxygen atoms in total. The number of rotatable bonds is 0. The fourth-order valence-corrected chi connectivity index (χ4v) is 2.46. The van der Waals surface area contributed by atoms with Crippen LogP contribution in [0.15, 0.2) is 12.3 Å². The van der Waals surface area contributed by atoms with Crippen LogP contribution < -0.4 is 0 Å². The lowest BCUT2D eigenvalue weighted by Gasteiger charge is -2.25. The molecular weight excluding hydrogens is 260 g/mol. The first-order chi connectivity index (χ1) is 9.22. The molecule has 0 spiro atoms. The molecule has 98 valence electrons. The van der Waals surface area contributed by atoms with Crippen molar-refractivity contribution in [3.05, 3.63) is 23.1 Å². The monoisotopic (exact) mass is 274 g/mol. The second-order valence-corrected chi connectivity index (χ2v) is 5.36. The van der Waals surface area contributed by atoms with Crippen LogP contribution in [0.25, 0.3) is 10.9 Å². The van der Waals surface area contributed by atoms with E-state index in [1.807, 2.05) is 0 Å². The molecule has 1 aliphatic rings. The van der Waals surface area contributed by atoms with Gasteiger partial charge >= 0.3 is 0 Å². The SMILES string of the molecule is CN1CCC(C#Cc2[nH]nc3cc(Cl)ncc23)CC1. The van der Waals surface area contributed by atoms with Gasteiger partial charge in [0, 0.05) is 18.2 Å². The number of halogens is 1. The Labute approximate surface area is 117 Å². The van der Waals surface area contributed by atoms with Crippen LogP contribution in [0.1, 0.15) is 18.5 Å². The lowest BCUT2D eigenvalue weighted by molar-refractivity contribution is 0.248. The minimum Gasteiger partial charge on any atom is -0.306 e. The first kappa shape index (κ1) is 12.5. The van der Waals surface area contributed by atoms with Crippen molar-refractivity contribution >= 4 is 22.5 Å². The molecule has 1 aliphatic heterocycles. The third kappa shape index (κ3) is 2.73. The fourth-order valence-electron chi connectivity index (χ4n) is 2.30. The van der Waals surface area contributed by atoms with Gasteiger partial charge in [0.25, 0.3) is 0 Å². The van der Waals surface area contributed by atoms with E-state index in [1.165, 1.54) is 0 Å². The summed E-state index contributed by atoms with van der Waals surface area (Å²) in [4.78, 5) is 6.42. The molecular formula is C14H15ClN4. The van der Waals surface area contributed by atoms with Gasteiger partial charge in [-0.2, -0.15) is 5.10 Å². The molecule has 3 heterocycles. The normalized spacial score (nSPS) is 17.4. The topological polar surface area (TPSA) is 44.8 Å². The Morgan fingerprint density at radius 3 is 3.00 bits per heavy atom. The molecule has 1 fully saturated rings. The Morgan fingerprint density at radius 2 is 2.21 bits per heavy atom. The number of aromatic amines is 1. The first-order valence-electron chi connectivity index (χ1n) is 6.42. The third-order valence-electron chi connectivity index (χ3n) is 3.53. The van der Waals surface area contributed by atoms with Crippen molar-refractivity contribution in [3.8, 4) is 11.8 Å².